The van der Waals surface area contributed by atoms with Crippen LogP contribution in [0.3, 0.4) is 0 Å². The van der Waals surface area contributed by atoms with Gasteiger partial charge in [0, 0.05) is 25.3 Å². The zero-order chi connectivity index (χ0) is 25.3. The molecule has 9 nitrogen and oxygen atoms in total. The van der Waals surface area contributed by atoms with Gasteiger partial charge in [0.1, 0.15) is 11.3 Å². The molecule has 1 aliphatic rings. The smallest absolute Gasteiger partial charge is 0.342 e. The average molecular weight is 500 g/mol. The lowest BCUT2D eigenvalue weighted by molar-refractivity contribution is -0.121. The van der Waals surface area contributed by atoms with Gasteiger partial charge in [0.15, 0.2) is 6.61 Å². The molecule has 0 aromatic heterocycles. The normalized spacial score (nSPS) is 14.4. The predicted molar refractivity (Wildman–Crippen MR) is 130 cm³/mol. The summed E-state index contributed by atoms with van der Waals surface area (Å²) < 4.78 is 38.3. The maximum absolute atomic E-state index is 13.2. The summed E-state index contributed by atoms with van der Waals surface area (Å²) in [7, 11) is -2.43. The van der Waals surface area contributed by atoms with Crippen molar-refractivity contribution >= 4 is 27.6 Å². The highest BCUT2D eigenvalue weighted by Gasteiger charge is 2.28. The molecular weight excluding hydrogens is 470 g/mol. The van der Waals surface area contributed by atoms with E-state index < -0.39 is 28.5 Å². The molecule has 186 valence electrons. The number of methoxy groups -OCH3 is 1. The van der Waals surface area contributed by atoms with Crippen molar-refractivity contribution in [1.82, 2.24) is 4.31 Å². The van der Waals surface area contributed by atoms with E-state index in [-0.39, 0.29) is 29.2 Å². The van der Waals surface area contributed by atoms with Gasteiger partial charge in [-0.15, -0.1) is 0 Å². The van der Waals surface area contributed by atoms with Gasteiger partial charge in [-0.05, 0) is 43.2 Å². The molecule has 3 rings (SSSR count). The number of para-hydroxylation sites is 1. The van der Waals surface area contributed by atoms with E-state index in [1.165, 1.54) is 34.5 Å². The Kier molecular flexibility index (Phi) is 9.23. The van der Waals surface area contributed by atoms with Crippen molar-refractivity contribution < 1.29 is 27.5 Å². The zero-order valence-corrected chi connectivity index (χ0v) is 20.5. The molecule has 1 saturated heterocycles. The van der Waals surface area contributed by atoms with Gasteiger partial charge in [0.05, 0.1) is 24.5 Å². The summed E-state index contributed by atoms with van der Waals surface area (Å²) in [5.74, 6) is -1.25. The molecular formula is C25H29N3O6S. The quantitative estimate of drug-likeness (QED) is 0.486. The van der Waals surface area contributed by atoms with Crippen molar-refractivity contribution in [3.8, 4) is 11.8 Å². The molecule has 0 aliphatic carbocycles. The lowest BCUT2D eigenvalue weighted by Crippen LogP contribution is -2.35. The van der Waals surface area contributed by atoms with E-state index in [4.69, 9.17) is 14.7 Å². The van der Waals surface area contributed by atoms with Crippen molar-refractivity contribution in [3.05, 3.63) is 54.1 Å². The van der Waals surface area contributed by atoms with Gasteiger partial charge in [0.2, 0.25) is 10.0 Å². The van der Waals surface area contributed by atoms with Gasteiger partial charge < -0.3 is 14.4 Å². The number of hydrogen-bond acceptors (Lipinski definition) is 7. The number of esters is 1. The van der Waals surface area contributed by atoms with Crippen molar-refractivity contribution in [1.29, 1.82) is 5.26 Å². The molecule has 1 heterocycles. The van der Waals surface area contributed by atoms with E-state index in [2.05, 4.69) is 0 Å². The Morgan fingerprint density at radius 3 is 2.37 bits per heavy atom. The number of anilines is 1. The third-order valence-corrected chi connectivity index (χ3v) is 7.63. The number of nitriles is 1. The predicted octanol–water partition coefficient (Wildman–Crippen LogP) is 3.36. The Morgan fingerprint density at radius 2 is 1.74 bits per heavy atom. The molecule has 0 saturated carbocycles. The maximum Gasteiger partial charge on any atom is 0.342 e. The Hall–Kier alpha value is -3.42. The summed E-state index contributed by atoms with van der Waals surface area (Å²) >= 11 is 0. The van der Waals surface area contributed by atoms with Crippen LogP contribution in [-0.4, -0.2) is 58.0 Å². The molecule has 1 fully saturated rings. The topological polar surface area (TPSA) is 117 Å². The Bertz CT molecular complexity index is 1170. The van der Waals surface area contributed by atoms with Gasteiger partial charge in [-0.1, -0.05) is 31.0 Å². The van der Waals surface area contributed by atoms with Gasteiger partial charge in [-0.25, -0.2) is 13.2 Å². The molecule has 0 unspecified atom stereocenters. The zero-order valence-electron chi connectivity index (χ0n) is 19.7. The Labute approximate surface area is 205 Å². The summed E-state index contributed by atoms with van der Waals surface area (Å²) in [5.41, 5.74) is 0.492. The van der Waals surface area contributed by atoms with Crippen LogP contribution in [0.1, 0.15) is 42.5 Å². The number of nitrogens with zero attached hydrogens (tertiary/aromatic N) is 3. The number of carbonyl (C=O) groups is 2. The van der Waals surface area contributed by atoms with Crippen LogP contribution in [0, 0.1) is 11.3 Å². The van der Waals surface area contributed by atoms with Crippen LogP contribution >= 0.6 is 0 Å². The number of amides is 1. The molecule has 35 heavy (non-hydrogen) atoms. The van der Waals surface area contributed by atoms with E-state index in [1.807, 2.05) is 6.07 Å². The highest BCUT2D eigenvalue weighted by molar-refractivity contribution is 7.89. The first kappa shape index (κ1) is 26.2. The second-order valence-electron chi connectivity index (χ2n) is 8.05. The highest BCUT2D eigenvalue weighted by atomic mass is 32.2. The fourth-order valence-corrected chi connectivity index (χ4v) is 5.43. The lowest BCUT2D eigenvalue weighted by atomic mass is 10.2. The summed E-state index contributed by atoms with van der Waals surface area (Å²) in [6.45, 7) is 0.427. The monoisotopic (exact) mass is 499 g/mol. The van der Waals surface area contributed by atoms with Crippen LogP contribution in [-0.2, 0) is 19.6 Å². The first-order chi connectivity index (χ1) is 16.9. The van der Waals surface area contributed by atoms with Crippen molar-refractivity contribution in [2.75, 3.05) is 38.3 Å². The van der Waals surface area contributed by atoms with Crippen LogP contribution in [0.15, 0.2) is 53.4 Å². The minimum atomic E-state index is -3.79. The number of carbonyl (C=O) groups excluding carboxylic acids is 2. The molecule has 1 aliphatic heterocycles. The summed E-state index contributed by atoms with van der Waals surface area (Å²) in [4.78, 5) is 27.0. The molecule has 0 N–H and O–H groups in total. The first-order valence-electron chi connectivity index (χ1n) is 11.5. The van der Waals surface area contributed by atoms with Crippen LogP contribution in [0.25, 0.3) is 0 Å². The molecule has 0 radical (unpaired) electrons. The third-order valence-electron chi connectivity index (χ3n) is 5.74. The lowest BCUT2D eigenvalue weighted by Gasteiger charge is -2.22. The SMILES string of the molecule is COc1ccc(S(=O)(=O)N2CCCCCC2)cc1C(=O)OCC(=O)N(CCC#N)c1ccccc1. The van der Waals surface area contributed by atoms with Crippen molar-refractivity contribution in [3.63, 3.8) is 0 Å². The Balaban J connectivity index is 1.78. The van der Waals surface area contributed by atoms with E-state index in [0.29, 0.717) is 18.8 Å². The van der Waals surface area contributed by atoms with Crippen LogP contribution in [0.4, 0.5) is 5.69 Å². The van der Waals surface area contributed by atoms with E-state index in [0.717, 1.165) is 25.7 Å². The highest BCUT2D eigenvalue weighted by Crippen LogP contribution is 2.27. The van der Waals surface area contributed by atoms with Crippen molar-refractivity contribution in [2.24, 2.45) is 0 Å². The fourth-order valence-electron chi connectivity index (χ4n) is 3.89. The van der Waals surface area contributed by atoms with Gasteiger partial charge in [-0.2, -0.15) is 9.57 Å². The van der Waals surface area contributed by atoms with Crippen molar-refractivity contribution in [2.45, 2.75) is 37.0 Å². The summed E-state index contributed by atoms with van der Waals surface area (Å²) in [6.07, 6.45) is 3.65. The molecule has 0 bridgehead atoms. The van der Waals surface area contributed by atoms with Crippen LogP contribution in [0.5, 0.6) is 5.75 Å². The first-order valence-corrected chi connectivity index (χ1v) is 12.9. The third kappa shape index (κ3) is 6.59. The number of hydrogen-bond donors (Lipinski definition) is 0. The largest absolute Gasteiger partial charge is 0.496 e. The maximum atomic E-state index is 13.2. The minimum absolute atomic E-state index is 0.0293. The molecule has 2 aromatic rings. The summed E-state index contributed by atoms with van der Waals surface area (Å²) in [6, 6.07) is 14.8. The van der Waals surface area contributed by atoms with E-state index >= 15 is 0 Å². The number of benzene rings is 2. The molecule has 0 atom stereocenters. The summed E-state index contributed by atoms with van der Waals surface area (Å²) in [5, 5.41) is 8.93. The van der Waals surface area contributed by atoms with Crippen LogP contribution < -0.4 is 9.64 Å². The van der Waals surface area contributed by atoms with Gasteiger partial charge >= 0.3 is 5.97 Å². The average Bonchev–Trinajstić information content (AvgIpc) is 3.18. The van der Waals surface area contributed by atoms with E-state index in [1.54, 1.807) is 30.3 Å². The Morgan fingerprint density at radius 1 is 1.06 bits per heavy atom. The standard InChI is InChI=1S/C25H29N3O6S/c1-33-23-13-12-21(35(31,32)27-15-7-2-3-8-16-27)18-22(23)25(30)34-19-24(29)28(17-9-14-26)20-10-5-4-6-11-20/h4-6,10-13,18H,2-3,7-9,15-17,19H2,1H3. The second-order valence-corrected chi connectivity index (χ2v) is 9.98. The molecule has 0 spiro atoms. The number of ether oxygens (including phenoxy) is 2. The molecule has 1 amide bonds. The van der Waals surface area contributed by atoms with Crippen LogP contribution in [0.2, 0.25) is 0 Å². The fraction of sp³-hybridized carbons (Fsp3) is 0.400. The molecule has 10 heteroatoms. The van der Waals surface area contributed by atoms with Gasteiger partial charge in [0.25, 0.3) is 5.91 Å². The number of sulfonamides is 1. The molecule has 2 aromatic carbocycles. The van der Waals surface area contributed by atoms with Gasteiger partial charge in [-0.3, -0.25) is 4.79 Å². The van der Waals surface area contributed by atoms with E-state index in [9.17, 15) is 18.0 Å². The second kappa shape index (κ2) is 12.3. The number of rotatable bonds is 9. The minimum Gasteiger partial charge on any atom is -0.496 e.